The highest BCUT2D eigenvalue weighted by Gasteiger charge is 2.44. The molecule has 1 N–H and O–H groups in total. The number of aromatic amines is 1. The van der Waals surface area contributed by atoms with Crippen LogP contribution < -0.4 is 0 Å². The van der Waals surface area contributed by atoms with Crippen molar-refractivity contribution < 1.29 is 4.79 Å². The summed E-state index contributed by atoms with van der Waals surface area (Å²) in [6.45, 7) is 0.835. The average Bonchev–Trinajstić information content (AvgIpc) is 3.13. The SMILES string of the molecule is O=C1C[C@@H](Cc2ccccc2)[C@H]2c3[nH]c4ccc(Br)cc4c3CCN12. The predicted molar refractivity (Wildman–Crippen MR) is 102 cm³/mol. The molecule has 0 radical (unpaired) electrons. The van der Waals surface area contributed by atoms with Gasteiger partial charge in [-0.1, -0.05) is 46.3 Å². The summed E-state index contributed by atoms with van der Waals surface area (Å²) in [5.41, 5.74) is 5.14. The van der Waals surface area contributed by atoms with Gasteiger partial charge in [-0.15, -0.1) is 0 Å². The molecule has 3 nitrogen and oxygen atoms in total. The van der Waals surface area contributed by atoms with Crippen LogP contribution in [0.1, 0.15) is 29.3 Å². The Kier molecular flexibility index (Phi) is 3.49. The molecule has 1 saturated heterocycles. The van der Waals surface area contributed by atoms with Crippen LogP contribution in [0.3, 0.4) is 0 Å². The van der Waals surface area contributed by atoms with Crippen LogP contribution in [0.25, 0.3) is 10.9 Å². The molecule has 2 aliphatic rings. The van der Waals surface area contributed by atoms with Crippen molar-refractivity contribution in [3.05, 3.63) is 69.8 Å². The third kappa shape index (κ3) is 2.43. The van der Waals surface area contributed by atoms with Gasteiger partial charge in [0.1, 0.15) is 0 Å². The van der Waals surface area contributed by atoms with Crippen molar-refractivity contribution in [3.63, 3.8) is 0 Å². The molecule has 126 valence electrons. The lowest BCUT2D eigenvalue weighted by atomic mass is 9.87. The van der Waals surface area contributed by atoms with Crippen molar-refractivity contribution in [1.82, 2.24) is 9.88 Å². The standard InChI is InChI=1S/C21H19BrN2O/c22-15-6-7-18-17(12-15)16-8-9-24-19(25)11-14(21(24)20(16)23-18)10-13-4-2-1-3-5-13/h1-7,12,14,21,23H,8-11H2/t14-,21+/m1/s1. The molecule has 2 atom stereocenters. The fraction of sp³-hybridized carbons (Fsp3) is 0.286. The predicted octanol–water partition coefficient (Wildman–Crippen LogP) is 4.62. The molecular weight excluding hydrogens is 376 g/mol. The maximum Gasteiger partial charge on any atom is 0.223 e. The molecule has 1 aromatic heterocycles. The minimum Gasteiger partial charge on any atom is -0.356 e. The molecule has 0 bridgehead atoms. The number of H-pyrrole nitrogens is 1. The Morgan fingerprint density at radius 1 is 1.16 bits per heavy atom. The number of hydrogen-bond acceptors (Lipinski definition) is 1. The largest absolute Gasteiger partial charge is 0.356 e. The van der Waals surface area contributed by atoms with Crippen LogP contribution >= 0.6 is 15.9 Å². The van der Waals surface area contributed by atoms with Crippen LogP contribution in [0.2, 0.25) is 0 Å². The zero-order valence-corrected chi connectivity index (χ0v) is 15.4. The summed E-state index contributed by atoms with van der Waals surface area (Å²) in [5, 5.41) is 1.29. The van der Waals surface area contributed by atoms with Gasteiger partial charge in [0.15, 0.2) is 0 Å². The third-order valence-electron chi connectivity index (χ3n) is 5.68. The fourth-order valence-corrected chi connectivity index (χ4v) is 4.97. The second-order valence-electron chi connectivity index (χ2n) is 7.14. The van der Waals surface area contributed by atoms with Gasteiger partial charge in [0.05, 0.1) is 6.04 Å². The Hall–Kier alpha value is -2.07. The van der Waals surface area contributed by atoms with Crippen molar-refractivity contribution in [3.8, 4) is 0 Å². The number of aromatic nitrogens is 1. The molecule has 1 fully saturated rings. The minimum absolute atomic E-state index is 0.183. The van der Waals surface area contributed by atoms with Crippen LogP contribution in [0.5, 0.6) is 0 Å². The van der Waals surface area contributed by atoms with Gasteiger partial charge in [0.2, 0.25) is 5.91 Å². The van der Waals surface area contributed by atoms with Gasteiger partial charge >= 0.3 is 0 Å². The number of halogens is 1. The van der Waals surface area contributed by atoms with E-state index in [0.29, 0.717) is 18.2 Å². The molecule has 4 heteroatoms. The lowest BCUT2D eigenvalue weighted by Gasteiger charge is -2.33. The second kappa shape index (κ2) is 5.73. The van der Waals surface area contributed by atoms with Gasteiger partial charge in [-0.05, 0) is 48.1 Å². The Bertz CT molecular complexity index is 963. The van der Waals surface area contributed by atoms with Crippen LogP contribution in [0.15, 0.2) is 53.0 Å². The van der Waals surface area contributed by atoms with Gasteiger partial charge in [-0.2, -0.15) is 0 Å². The van der Waals surface area contributed by atoms with Crippen LogP contribution in [-0.4, -0.2) is 22.3 Å². The summed E-state index contributed by atoms with van der Waals surface area (Å²) in [4.78, 5) is 18.3. The number of fused-ring (bicyclic) bond motifs is 5. The van der Waals surface area contributed by atoms with E-state index < -0.39 is 0 Å². The molecule has 25 heavy (non-hydrogen) atoms. The number of rotatable bonds is 2. The molecule has 0 saturated carbocycles. The molecule has 3 heterocycles. The van der Waals surface area contributed by atoms with Gasteiger partial charge in [-0.25, -0.2) is 0 Å². The normalized spacial score (nSPS) is 22.3. The van der Waals surface area contributed by atoms with Gasteiger partial charge in [0.25, 0.3) is 0 Å². The smallest absolute Gasteiger partial charge is 0.223 e. The summed E-state index contributed by atoms with van der Waals surface area (Å²) >= 11 is 3.59. The highest BCUT2D eigenvalue weighted by molar-refractivity contribution is 9.10. The molecule has 0 aliphatic carbocycles. The molecule has 5 rings (SSSR count). The summed E-state index contributed by atoms with van der Waals surface area (Å²) in [6, 6.07) is 17.1. The summed E-state index contributed by atoms with van der Waals surface area (Å²) in [6.07, 6.45) is 2.54. The van der Waals surface area contributed by atoms with E-state index in [0.717, 1.165) is 23.9 Å². The van der Waals surface area contributed by atoms with Crippen molar-refractivity contribution in [1.29, 1.82) is 0 Å². The second-order valence-corrected chi connectivity index (χ2v) is 8.06. The van der Waals surface area contributed by atoms with Crippen LogP contribution in [-0.2, 0) is 17.6 Å². The van der Waals surface area contributed by atoms with E-state index in [9.17, 15) is 4.79 Å². The lowest BCUT2D eigenvalue weighted by Crippen LogP contribution is -2.35. The number of carbonyl (C=O) groups excluding carboxylic acids is 1. The highest BCUT2D eigenvalue weighted by Crippen LogP contribution is 2.45. The van der Waals surface area contributed by atoms with Gasteiger partial charge in [-0.3, -0.25) is 4.79 Å². The summed E-state index contributed by atoms with van der Waals surface area (Å²) < 4.78 is 1.10. The summed E-state index contributed by atoms with van der Waals surface area (Å²) in [5.74, 6) is 0.641. The number of benzene rings is 2. The van der Waals surface area contributed by atoms with E-state index in [1.165, 1.54) is 27.7 Å². The fourth-order valence-electron chi connectivity index (χ4n) is 4.61. The zero-order chi connectivity index (χ0) is 17.0. The minimum atomic E-state index is 0.183. The molecule has 2 aliphatic heterocycles. The first-order chi connectivity index (χ1) is 12.2. The number of nitrogens with one attached hydrogen (secondary N) is 1. The number of carbonyl (C=O) groups is 1. The van der Waals surface area contributed by atoms with E-state index in [4.69, 9.17) is 0 Å². The van der Waals surface area contributed by atoms with Crippen molar-refractivity contribution >= 4 is 32.7 Å². The number of amides is 1. The van der Waals surface area contributed by atoms with Gasteiger partial charge in [0, 0.05) is 34.0 Å². The topological polar surface area (TPSA) is 36.1 Å². The first kappa shape index (κ1) is 15.2. The van der Waals surface area contributed by atoms with Crippen molar-refractivity contribution in [2.24, 2.45) is 5.92 Å². The van der Waals surface area contributed by atoms with E-state index in [1.54, 1.807) is 0 Å². The number of hydrogen-bond donors (Lipinski definition) is 1. The Labute approximate surface area is 155 Å². The first-order valence-electron chi connectivity index (χ1n) is 8.84. The average molecular weight is 395 g/mol. The first-order valence-corrected chi connectivity index (χ1v) is 9.63. The quantitative estimate of drug-likeness (QED) is 0.676. The zero-order valence-electron chi connectivity index (χ0n) is 13.8. The molecule has 2 aromatic carbocycles. The molecular formula is C21H19BrN2O. The lowest BCUT2D eigenvalue weighted by molar-refractivity contribution is -0.129. The Morgan fingerprint density at radius 3 is 2.84 bits per heavy atom. The van der Waals surface area contributed by atoms with E-state index >= 15 is 0 Å². The summed E-state index contributed by atoms with van der Waals surface area (Å²) in [7, 11) is 0. The Balaban J connectivity index is 1.59. The highest BCUT2D eigenvalue weighted by atomic mass is 79.9. The molecule has 1 amide bonds. The van der Waals surface area contributed by atoms with E-state index in [-0.39, 0.29) is 6.04 Å². The van der Waals surface area contributed by atoms with E-state index in [1.807, 2.05) is 6.07 Å². The number of nitrogens with zero attached hydrogens (tertiary/aromatic N) is 1. The molecule has 0 spiro atoms. The van der Waals surface area contributed by atoms with Gasteiger partial charge < -0.3 is 9.88 Å². The van der Waals surface area contributed by atoms with Crippen LogP contribution in [0, 0.1) is 5.92 Å². The maximum absolute atomic E-state index is 12.6. The molecule has 3 aromatic rings. The van der Waals surface area contributed by atoms with Crippen molar-refractivity contribution in [2.75, 3.05) is 6.54 Å². The Morgan fingerprint density at radius 2 is 2.00 bits per heavy atom. The van der Waals surface area contributed by atoms with Crippen molar-refractivity contribution in [2.45, 2.75) is 25.3 Å². The maximum atomic E-state index is 12.6. The molecule has 0 unspecified atom stereocenters. The monoisotopic (exact) mass is 394 g/mol. The third-order valence-corrected chi connectivity index (χ3v) is 6.17. The van der Waals surface area contributed by atoms with E-state index in [2.05, 4.69) is 68.3 Å². The van der Waals surface area contributed by atoms with Crippen LogP contribution in [0.4, 0.5) is 0 Å².